The number of hydrogen-bond donors (Lipinski definition) is 1. The maximum absolute atomic E-state index is 12.7. The van der Waals surface area contributed by atoms with E-state index in [0.717, 1.165) is 5.56 Å². The van der Waals surface area contributed by atoms with E-state index in [2.05, 4.69) is 20.1 Å². The van der Waals surface area contributed by atoms with Gasteiger partial charge in [-0.15, -0.1) is 10.2 Å². The van der Waals surface area contributed by atoms with Crippen molar-refractivity contribution >= 4 is 22.6 Å². The average molecular weight is 483 g/mol. The third-order valence-electron chi connectivity index (χ3n) is 6.18. The number of hydrogen-bond acceptors (Lipinski definition) is 9. The molecule has 5 heterocycles. The van der Waals surface area contributed by atoms with E-state index in [1.165, 1.54) is 6.26 Å². The fourth-order valence-corrected chi connectivity index (χ4v) is 4.36. The van der Waals surface area contributed by atoms with Crippen LogP contribution in [-0.2, 0) is 6.42 Å². The molecular formula is C26H22N6O4. The zero-order chi connectivity index (χ0) is 24.5. The number of carbonyl (C=O) groups excluding carboxylic acids is 1. The number of aromatic nitrogens is 4. The second kappa shape index (κ2) is 9.14. The van der Waals surface area contributed by atoms with Crippen LogP contribution in [-0.4, -0.2) is 62.3 Å². The van der Waals surface area contributed by atoms with E-state index in [9.17, 15) is 9.90 Å². The highest BCUT2D eigenvalue weighted by Gasteiger charge is 2.28. The van der Waals surface area contributed by atoms with Crippen LogP contribution in [0.25, 0.3) is 22.5 Å². The summed E-state index contributed by atoms with van der Waals surface area (Å²) < 4.78 is 11.1. The predicted molar refractivity (Wildman–Crippen MR) is 131 cm³/mol. The maximum Gasteiger partial charge on any atom is 0.289 e. The normalized spacial score (nSPS) is 13.9. The number of amides is 1. The number of piperazine rings is 1. The highest BCUT2D eigenvalue weighted by molar-refractivity contribution is 5.97. The van der Waals surface area contributed by atoms with Gasteiger partial charge >= 0.3 is 0 Å². The Balaban J connectivity index is 1.30. The molecule has 0 atom stereocenters. The van der Waals surface area contributed by atoms with Crippen LogP contribution in [0.3, 0.4) is 0 Å². The minimum Gasteiger partial charge on any atom is -0.504 e. The molecule has 1 aliphatic rings. The van der Waals surface area contributed by atoms with Gasteiger partial charge in [-0.2, -0.15) is 0 Å². The molecule has 0 aliphatic carbocycles. The Morgan fingerprint density at radius 3 is 2.58 bits per heavy atom. The summed E-state index contributed by atoms with van der Waals surface area (Å²) in [5, 5.41) is 20.0. The fourth-order valence-electron chi connectivity index (χ4n) is 4.36. The maximum atomic E-state index is 12.7. The van der Waals surface area contributed by atoms with Crippen molar-refractivity contribution in [1.82, 2.24) is 25.1 Å². The quantitative estimate of drug-likeness (QED) is 0.401. The molecule has 6 rings (SSSR count). The van der Waals surface area contributed by atoms with Gasteiger partial charge in [0, 0.05) is 37.8 Å². The largest absolute Gasteiger partial charge is 0.504 e. The van der Waals surface area contributed by atoms with Gasteiger partial charge in [0.05, 0.1) is 12.7 Å². The monoisotopic (exact) mass is 482 g/mol. The SMILES string of the molecule is O=C(c1ccco1)N1CCN(c2nc(-c3nnc(Cc4ccccc4)o3)c(O)c3ncccc23)CC1. The molecule has 1 saturated heterocycles. The van der Waals surface area contributed by atoms with E-state index in [1.54, 1.807) is 29.3 Å². The van der Waals surface area contributed by atoms with Crippen molar-refractivity contribution in [2.24, 2.45) is 0 Å². The van der Waals surface area contributed by atoms with Crippen molar-refractivity contribution in [3.05, 3.63) is 84.3 Å². The van der Waals surface area contributed by atoms with Gasteiger partial charge in [0.25, 0.3) is 11.8 Å². The van der Waals surface area contributed by atoms with Crippen molar-refractivity contribution in [2.45, 2.75) is 6.42 Å². The Hall–Kier alpha value is -4.73. The highest BCUT2D eigenvalue weighted by atomic mass is 16.4. The summed E-state index contributed by atoms with van der Waals surface area (Å²) >= 11 is 0. The van der Waals surface area contributed by atoms with Crippen LogP contribution >= 0.6 is 0 Å². The molecule has 0 radical (unpaired) electrons. The van der Waals surface area contributed by atoms with Crippen molar-refractivity contribution in [3.63, 3.8) is 0 Å². The second-order valence-corrected chi connectivity index (χ2v) is 8.45. The van der Waals surface area contributed by atoms with Crippen molar-refractivity contribution in [1.29, 1.82) is 0 Å². The molecule has 10 nitrogen and oxygen atoms in total. The van der Waals surface area contributed by atoms with Crippen molar-refractivity contribution in [2.75, 3.05) is 31.1 Å². The summed E-state index contributed by atoms with van der Waals surface area (Å²) in [6.07, 6.45) is 3.58. The van der Waals surface area contributed by atoms with E-state index in [4.69, 9.17) is 13.8 Å². The molecule has 180 valence electrons. The van der Waals surface area contributed by atoms with Crippen LogP contribution in [0.5, 0.6) is 5.75 Å². The minimum atomic E-state index is -0.137. The van der Waals surface area contributed by atoms with Gasteiger partial charge in [0.1, 0.15) is 11.3 Å². The summed E-state index contributed by atoms with van der Waals surface area (Å²) in [4.78, 5) is 25.6. The molecule has 1 aromatic carbocycles. The Morgan fingerprint density at radius 2 is 1.81 bits per heavy atom. The number of furan rings is 1. The number of carbonyl (C=O) groups is 1. The molecule has 1 fully saturated rings. The zero-order valence-electron chi connectivity index (χ0n) is 19.2. The van der Waals surface area contributed by atoms with E-state index in [-0.39, 0.29) is 23.2 Å². The van der Waals surface area contributed by atoms with E-state index >= 15 is 0 Å². The van der Waals surface area contributed by atoms with E-state index < -0.39 is 0 Å². The Kier molecular flexibility index (Phi) is 5.53. The fraction of sp³-hybridized carbons (Fsp3) is 0.192. The summed E-state index contributed by atoms with van der Waals surface area (Å²) in [6, 6.07) is 16.8. The standard InChI is InChI=1S/C26H22N6O4/c33-23-21-18(8-4-10-27-21)24(31-11-13-32(14-12-31)26(34)19-9-5-15-35-19)28-22(23)25-30-29-20(36-25)16-17-6-2-1-3-7-17/h1-10,15,33H,11-14,16H2. The molecule has 0 unspecified atom stereocenters. The topological polar surface area (TPSA) is 122 Å². The summed E-state index contributed by atoms with van der Waals surface area (Å²) in [5.41, 5.74) is 1.61. The lowest BCUT2D eigenvalue weighted by molar-refractivity contribution is 0.0714. The number of fused-ring (bicyclic) bond motifs is 1. The van der Waals surface area contributed by atoms with Gasteiger partial charge in [0.15, 0.2) is 17.2 Å². The van der Waals surface area contributed by atoms with Gasteiger partial charge in [-0.3, -0.25) is 9.78 Å². The van der Waals surface area contributed by atoms with Gasteiger partial charge in [-0.1, -0.05) is 30.3 Å². The lowest BCUT2D eigenvalue weighted by atomic mass is 10.1. The third kappa shape index (κ3) is 4.02. The van der Waals surface area contributed by atoms with Crippen LogP contribution in [0.2, 0.25) is 0 Å². The Labute approximate surface area is 205 Å². The van der Waals surface area contributed by atoms with Crippen molar-refractivity contribution < 1.29 is 18.7 Å². The predicted octanol–water partition coefficient (Wildman–Crippen LogP) is 3.53. The number of anilines is 1. The first kappa shape index (κ1) is 21.8. The Morgan fingerprint density at radius 1 is 0.972 bits per heavy atom. The zero-order valence-corrected chi connectivity index (χ0v) is 19.2. The molecule has 5 aromatic rings. The van der Waals surface area contributed by atoms with Gasteiger partial charge in [0.2, 0.25) is 5.89 Å². The molecular weight excluding hydrogens is 460 g/mol. The second-order valence-electron chi connectivity index (χ2n) is 8.45. The van der Waals surface area contributed by atoms with Crippen LogP contribution in [0.1, 0.15) is 22.0 Å². The van der Waals surface area contributed by atoms with Crippen LogP contribution in [0.4, 0.5) is 5.82 Å². The molecule has 0 spiro atoms. The molecule has 10 heteroatoms. The summed E-state index contributed by atoms with van der Waals surface area (Å²) in [7, 11) is 0. The molecule has 1 amide bonds. The van der Waals surface area contributed by atoms with Crippen LogP contribution in [0, 0.1) is 0 Å². The first-order valence-corrected chi connectivity index (χ1v) is 11.6. The highest BCUT2D eigenvalue weighted by Crippen LogP contribution is 2.37. The molecule has 0 bridgehead atoms. The molecule has 1 aliphatic heterocycles. The van der Waals surface area contributed by atoms with E-state index in [1.807, 2.05) is 36.4 Å². The number of benzene rings is 1. The average Bonchev–Trinajstić information content (AvgIpc) is 3.62. The van der Waals surface area contributed by atoms with E-state index in [0.29, 0.717) is 61.0 Å². The smallest absolute Gasteiger partial charge is 0.289 e. The molecule has 1 N–H and O–H groups in total. The number of nitrogens with zero attached hydrogens (tertiary/aromatic N) is 6. The van der Waals surface area contributed by atoms with Crippen LogP contribution in [0.15, 0.2) is 75.9 Å². The number of aromatic hydroxyl groups is 1. The first-order valence-electron chi connectivity index (χ1n) is 11.6. The summed E-state index contributed by atoms with van der Waals surface area (Å²) in [5.74, 6) is 1.26. The van der Waals surface area contributed by atoms with Gasteiger partial charge in [-0.05, 0) is 29.8 Å². The summed E-state index contributed by atoms with van der Waals surface area (Å²) in [6.45, 7) is 2.11. The van der Waals surface area contributed by atoms with Crippen LogP contribution < -0.4 is 4.90 Å². The number of rotatable bonds is 5. The Bertz CT molecular complexity index is 1510. The van der Waals surface area contributed by atoms with Gasteiger partial charge < -0.3 is 23.7 Å². The molecule has 4 aromatic heterocycles. The first-order chi connectivity index (χ1) is 17.7. The molecule has 0 saturated carbocycles. The lowest BCUT2D eigenvalue weighted by Crippen LogP contribution is -2.49. The molecule has 36 heavy (non-hydrogen) atoms. The van der Waals surface area contributed by atoms with Gasteiger partial charge in [-0.25, -0.2) is 4.98 Å². The van der Waals surface area contributed by atoms with Crippen molar-refractivity contribution in [3.8, 4) is 17.3 Å². The lowest BCUT2D eigenvalue weighted by Gasteiger charge is -2.35. The third-order valence-corrected chi connectivity index (χ3v) is 6.18. The number of pyridine rings is 2. The minimum absolute atomic E-state index is 0.115.